The summed E-state index contributed by atoms with van der Waals surface area (Å²) in [5.41, 5.74) is 0.623. The predicted molar refractivity (Wildman–Crippen MR) is 67.2 cm³/mol. The number of anilines is 1. The van der Waals surface area contributed by atoms with Crippen LogP contribution in [0.4, 0.5) is 5.69 Å². The van der Waals surface area contributed by atoms with Gasteiger partial charge in [-0.15, -0.1) is 0 Å². The van der Waals surface area contributed by atoms with Gasteiger partial charge in [0, 0.05) is 6.08 Å². The summed E-state index contributed by atoms with van der Waals surface area (Å²) in [6.45, 7) is 1.81. The van der Waals surface area contributed by atoms with Gasteiger partial charge in [0.1, 0.15) is 0 Å². The van der Waals surface area contributed by atoms with Gasteiger partial charge >= 0.3 is 5.91 Å². The highest BCUT2D eigenvalue weighted by Crippen LogP contribution is 2.28. The van der Waals surface area contributed by atoms with E-state index in [1.807, 2.05) is 6.92 Å². The largest absolute Gasteiger partial charge is 0.306 e. The molecule has 0 bridgehead atoms. The zero-order chi connectivity index (χ0) is 13.1. The molecule has 0 saturated carbocycles. The highest BCUT2D eigenvalue weighted by molar-refractivity contribution is 6.56. The second kappa shape index (κ2) is 4.79. The predicted octanol–water partition coefficient (Wildman–Crippen LogP) is 1.87. The summed E-state index contributed by atoms with van der Waals surface area (Å²) in [7, 11) is 0. The third-order valence-corrected chi connectivity index (χ3v) is 2.55. The van der Waals surface area contributed by atoms with Gasteiger partial charge in [-0.1, -0.05) is 30.4 Å². The lowest BCUT2D eigenvalue weighted by Crippen LogP contribution is -2.34. The fourth-order valence-electron chi connectivity index (χ4n) is 1.73. The maximum Gasteiger partial charge on any atom is 0.306 e. The Morgan fingerprint density at radius 1 is 1.17 bits per heavy atom. The van der Waals surface area contributed by atoms with Gasteiger partial charge in [-0.2, -0.15) is 0 Å². The third-order valence-electron chi connectivity index (χ3n) is 2.55. The zero-order valence-corrected chi connectivity index (χ0v) is 9.79. The maximum atomic E-state index is 11.9. The molecule has 0 aromatic heterocycles. The number of hydrogen-bond acceptors (Lipinski definition) is 3. The van der Waals surface area contributed by atoms with Crippen molar-refractivity contribution >= 4 is 23.3 Å². The molecule has 1 aromatic carbocycles. The molecule has 1 aliphatic rings. The molecule has 90 valence electrons. The smallest absolute Gasteiger partial charge is 0.283 e. The number of imide groups is 1. The average molecular weight is 241 g/mol. The summed E-state index contributed by atoms with van der Waals surface area (Å²) in [4.78, 5) is 36.2. The minimum atomic E-state index is -0.800. The lowest BCUT2D eigenvalue weighted by Gasteiger charge is -2.11. The Kier molecular flexibility index (Phi) is 3.19. The summed E-state index contributed by atoms with van der Waals surface area (Å²) in [5.74, 6) is -1.96. The fraction of sp³-hybridized carbons (Fsp3) is 0.0714. The van der Waals surface area contributed by atoms with Crippen LogP contribution in [0.1, 0.15) is 17.3 Å². The number of ketones is 1. The quantitative estimate of drug-likeness (QED) is 0.451. The number of allylic oxidation sites excluding steroid dienone is 3. The summed E-state index contributed by atoms with van der Waals surface area (Å²) in [6, 6.07) is 6.46. The van der Waals surface area contributed by atoms with Crippen molar-refractivity contribution in [1.29, 1.82) is 0 Å². The van der Waals surface area contributed by atoms with E-state index in [2.05, 4.69) is 0 Å². The van der Waals surface area contributed by atoms with Gasteiger partial charge in [-0.25, -0.2) is 4.90 Å². The van der Waals surface area contributed by atoms with E-state index in [0.717, 1.165) is 4.90 Å². The number of hydrogen-bond donors (Lipinski definition) is 0. The molecule has 1 aromatic rings. The Morgan fingerprint density at radius 3 is 2.61 bits per heavy atom. The van der Waals surface area contributed by atoms with Crippen LogP contribution in [0.5, 0.6) is 0 Å². The Bertz CT molecular complexity index is 584. The molecule has 0 saturated heterocycles. The second-order valence-corrected chi connectivity index (χ2v) is 3.71. The lowest BCUT2D eigenvalue weighted by atomic mass is 10.1. The number of nitrogens with zero attached hydrogens (tertiary/aromatic N) is 1. The van der Waals surface area contributed by atoms with Crippen LogP contribution in [-0.2, 0) is 9.59 Å². The van der Waals surface area contributed by atoms with Gasteiger partial charge in [0.2, 0.25) is 0 Å². The molecule has 0 aliphatic carbocycles. The van der Waals surface area contributed by atoms with E-state index in [-0.39, 0.29) is 5.56 Å². The Morgan fingerprint density at radius 2 is 1.89 bits per heavy atom. The highest BCUT2D eigenvalue weighted by atomic mass is 16.2. The number of amides is 2. The summed E-state index contributed by atoms with van der Waals surface area (Å²) in [5, 5.41) is 0. The van der Waals surface area contributed by atoms with Crippen LogP contribution in [-0.4, -0.2) is 17.6 Å². The van der Waals surface area contributed by atoms with E-state index in [1.54, 1.807) is 36.4 Å². The van der Waals surface area contributed by atoms with Gasteiger partial charge < -0.3 is 0 Å². The first-order valence-corrected chi connectivity index (χ1v) is 5.48. The summed E-state index contributed by atoms with van der Waals surface area (Å²) >= 11 is 0. The van der Waals surface area contributed by atoms with Crippen molar-refractivity contribution < 1.29 is 14.4 Å². The second-order valence-electron chi connectivity index (χ2n) is 3.71. The van der Waals surface area contributed by atoms with Crippen molar-refractivity contribution in [3.05, 3.63) is 54.1 Å². The zero-order valence-electron chi connectivity index (χ0n) is 9.79. The number of benzene rings is 1. The first-order valence-electron chi connectivity index (χ1n) is 5.48. The molecule has 0 fully saturated rings. The van der Waals surface area contributed by atoms with Gasteiger partial charge in [-0.3, -0.25) is 14.4 Å². The molecular formula is C14H11NO3. The Labute approximate surface area is 104 Å². The van der Waals surface area contributed by atoms with Gasteiger partial charge in [0.25, 0.3) is 11.7 Å². The van der Waals surface area contributed by atoms with E-state index in [0.29, 0.717) is 5.69 Å². The first-order chi connectivity index (χ1) is 8.66. The standard InChI is InChI=1S/C14H11NO3/c1-2-3-4-9-12(16)15-11-8-6-5-7-10(11)13(17)14(15)18/h2-9H,1H3. The molecule has 18 heavy (non-hydrogen) atoms. The number of fused-ring (bicyclic) bond motifs is 1. The minimum Gasteiger partial charge on any atom is -0.283 e. The van der Waals surface area contributed by atoms with Crippen LogP contribution in [0.2, 0.25) is 0 Å². The van der Waals surface area contributed by atoms with Crippen LogP contribution in [0, 0.1) is 0 Å². The molecule has 4 nitrogen and oxygen atoms in total. The van der Waals surface area contributed by atoms with Crippen LogP contribution in [0.25, 0.3) is 0 Å². The normalized spacial score (nSPS) is 14.8. The first kappa shape index (κ1) is 12.0. The molecule has 4 heteroatoms. The van der Waals surface area contributed by atoms with Crippen LogP contribution in [0.15, 0.2) is 48.6 Å². The van der Waals surface area contributed by atoms with E-state index in [9.17, 15) is 14.4 Å². The molecule has 1 heterocycles. The Balaban J connectivity index is 2.38. The SMILES string of the molecule is CC=CC=CC(=O)N1C(=O)C(=O)c2ccccc21. The molecule has 0 atom stereocenters. The lowest BCUT2D eigenvalue weighted by molar-refractivity contribution is -0.121. The van der Waals surface area contributed by atoms with Crippen molar-refractivity contribution in [3.8, 4) is 0 Å². The van der Waals surface area contributed by atoms with Crippen molar-refractivity contribution in [2.75, 3.05) is 4.90 Å². The van der Waals surface area contributed by atoms with E-state index < -0.39 is 17.6 Å². The van der Waals surface area contributed by atoms with Crippen molar-refractivity contribution in [2.24, 2.45) is 0 Å². The molecule has 2 amide bonds. The van der Waals surface area contributed by atoms with Crippen LogP contribution < -0.4 is 4.90 Å². The van der Waals surface area contributed by atoms with Crippen molar-refractivity contribution in [2.45, 2.75) is 6.92 Å². The topological polar surface area (TPSA) is 54.5 Å². The molecule has 0 radical (unpaired) electrons. The summed E-state index contributed by atoms with van der Waals surface area (Å²) < 4.78 is 0. The van der Waals surface area contributed by atoms with E-state index in [1.165, 1.54) is 12.2 Å². The number of carbonyl (C=O) groups is 3. The average Bonchev–Trinajstić information content (AvgIpc) is 2.63. The summed E-state index contributed by atoms with van der Waals surface area (Å²) in [6.07, 6.45) is 6.22. The van der Waals surface area contributed by atoms with Gasteiger partial charge in [0.15, 0.2) is 0 Å². The molecule has 1 aliphatic heterocycles. The molecule has 0 spiro atoms. The number of rotatable bonds is 2. The molecule has 0 N–H and O–H groups in total. The maximum absolute atomic E-state index is 11.9. The number of carbonyl (C=O) groups excluding carboxylic acids is 3. The monoisotopic (exact) mass is 241 g/mol. The van der Waals surface area contributed by atoms with Crippen molar-refractivity contribution in [1.82, 2.24) is 0 Å². The molecule has 0 unspecified atom stereocenters. The third kappa shape index (κ3) is 1.88. The van der Waals surface area contributed by atoms with E-state index >= 15 is 0 Å². The van der Waals surface area contributed by atoms with Crippen LogP contribution >= 0.6 is 0 Å². The highest BCUT2D eigenvalue weighted by Gasteiger charge is 2.38. The number of para-hydroxylation sites is 1. The fourth-order valence-corrected chi connectivity index (χ4v) is 1.73. The van der Waals surface area contributed by atoms with Gasteiger partial charge in [0.05, 0.1) is 11.3 Å². The number of Topliss-reactive ketones (excluding diaryl/α,β-unsaturated/α-hetero) is 1. The van der Waals surface area contributed by atoms with E-state index in [4.69, 9.17) is 0 Å². The van der Waals surface area contributed by atoms with Gasteiger partial charge in [-0.05, 0) is 19.1 Å². The van der Waals surface area contributed by atoms with Crippen molar-refractivity contribution in [3.63, 3.8) is 0 Å². The molecule has 2 rings (SSSR count). The Hall–Kier alpha value is -2.49. The van der Waals surface area contributed by atoms with Crippen LogP contribution in [0.3, 0.4) is 0 Å². The minimum absolute atomic E-state index is 0.273. The molecular weight excluding hydrogens is 230 g/mol.